The first kappa shape index (κ1) is 15.8. The third kappa shape index (κ3) is 4.74. The second kappa shape index (κ2) is 6.94. The van der Waals surface area contributed by atoms with E-state index in [9.17, 15) is 4.79 Å². The van der Waals surface area contributed by atoms with Crippen molar-refractivity contribution in [3.05, 3.63) is 29.8 Å². The topological polar surface area (TPSA) is 58.6 Å². The molecule has 0 aromatic heterocycles. The molecule has 0 heterocycles. The van der Waals surface area contributed by atoms with Crippen molar-refractivity contribution in [3.8, 4) is 5.75 Å². The maximum Gasteiger partial charge on any atom is 0.257 e. The number of amides is 1. The van der Waals surface area contributed by atoms with Gasteiger partial charge in [0.05, 0.1) is 0 Å². The molecule has 4 heteroatoms. The summed E-state index contributed by atoms with van der Waals surface area (Å²) < 4.78 is 5.49. The van der Waals surface area contributed by atoms with Crippen LogP contribution in [0.1, 0.15) is 44.6 Å². The molecular formula is C17H25NO3. The molecule has 0 unspecified atom stereocenters. The van der Waals surface area contributed by atoms with Crippen LogP contribution < -0.4 is 10.1 Å². The van der Waals surface area contributed by atoms with Crippen LogP contribution in [0.15, 0.2) is 24.3 Å². The van der Waals surface area contributed by atoms with Gasteiger partial charge in [-0.1, -0.05) is 26.0 Å². The molecule has 2 rings (SSSR count). The largest absolute Gasteiger partial charge is 0.484 e. The van der Waals surface area contributed by atoms with Crippen LogP contribution in [-0.4, -0.2) is 30.8 Å². The van der Waals surface area contributed by atoms with E-state index in [1.54, 1.807) is 0 Å². The second-order valence-corrected chi connectivity index (χ2v) is 6.26. The summed E-state index contributed by atoms with van der Waals surface area (Å²) in [7, 11) is 0. The van der Waals surface area contributed by atoms with Gasteiger partial charge in [-0.3, -0.25) is 4.79 Å². The van der Waals surface area contributed by atoms with Crippen LogP contribution in [0.2, 0.25) is 0 Å². The lowest BCUT2D eigenvalue weighted by Crippen LogP contribution is -2.34. The average molecular weight is 291 g/mol. The number of hydrogen-bond acceptors (Lipinski definition) is 3. The highest BCUT2D eigenvalue weighted by atomic mass is 16.5. The van der Waals surface area contributed by atoms with Crippen molar-refractivity contribution in [1.82, 2.24) is 5.32 Å². The number of ether oxygens (including phenoxy) is 1. The first-order valence-electron chi connectivity index (χ1n) is 7.65. The van der Waals surface area contributed by atoms with Crippen molar-refractivity contribution < 1.29 is 14.6 Å². The standard InChI is InChI=1S/C17H25NO3/c1-13(2)14-3-5-15(6-4-14)21-11-16(20)18-12-17(7-8-17)9-10-19/h3-6,13,19H,7-12H2,1-2H3,(H,18,20). The zero-order valence-electron chi connectivity index (χ0n) is 12.9. The molecule has 0 atom stereocenters. The third-order valence-electron chi connectivity index (χ3n) is 4.18. The number of hydrogen-bond donors (Lipinski definition) is 2. The Morgan fingerprint density at radius 2 is 2.00 bits per heavy atom. The minimum Gasteiger partial charge on any atom is -0.484 e. The zero-order valence-corrected chi connectivity index (χ0v) is 12.9. The summed E-state index contributed by atoms with van der Waals surface area (Å²) in [5.41, 5.74) is 1.40. The van der Waals surface area contributed by atoms with E-state index in [0.29, 0.717) is 18.2 Å². The van der Waals surface area contributed by atoms with Crippen molar-refractivity contribution in [1.29, 1.82) is 0 Å². The van der Waals surface area contributed by atoms with E-state index in [1.807, 2.05) is 24.3 Å². The van der Waals surface area contributed by atoms with E-state index in [0.717, 1.165) is 19.3 Å². The van der Waals surface area contributed by atoms with E-state index in [4.69, 9.17) is 9.84 Å². The van der Waals surface area contributed by atoms with Crippen LogP contribution in [0, 0.1) is 5.41 Å². The summed E-state index contributed by atoms with van der Waals surface area (Å²) in [6.07, 6.45) is 2.95. The van der Waals surface area contributed by atoms with E-state index in [1.165, 1.54) is 5.56 Å². The van der Waals surface area contributed by atoms with Crippen molar-refractivity contribution in [2.75, 3.05) is 19.8 Å². The van der Waals surface area contributed by atoms with E-state index < -0.39 is 0 Å². The van der Waals surface area contributed by atoms with Gasteiger partial charge < -0.3 is 15.2 Å². The Balaban J connectivity index is 1.71. The number of carbonyl (C=O) groups excluding carboxylic acids is 1. The Kier molecular flexibility index (Phi) is 5.23. The first-order valence-corrected chi connectivity index (χ1v) is 7.65. The summed E-state index contributed by atoms with van der Waals surface area (Å²) in [6.45, 7) is 5.15. The lowest BCUT2D eigenvalue weighted by Gasteiger charge is -2.15. The van der Waals surface area contributed by atoms with Gasteiger partial charge in [-0.15, -0.1) is 0 Å². The van der Waals surface area contributed by atoms with E-state index in [-0.39, 0.29) is 24.5 Å². The summed E-state index contributed by atoms with van der Waals surface area (Å²) in [4.78, 5) is 11.8. The highest BCUT2D eigenvalue weighted by Crippen LogP contribution is 2.47. The molecule has 2 N–H and O–H groups in total. The van der Waals surface area contributed by atoms with Gasteiger partial charge in [0.2, 0.25) is 0 Å². The number of benzene rings is 1. The summed E-state index contributed by atoms with van der Waals surface area (Å²) in [5.74, 6) is 1.10. The molecule has 0 aliphatic heterocycles. The number of carbonyl (C=O) groups is 1. The van der Waals surface area contributed by atoms with E-state index >= 15 is 0 Å². The molecule has 1 amide bonds. The maximum absolute atomic E-state index is 11.8. The van der Waals surface area contributed by atoms with Crippen LogP contribution in [0.4, 0.5) is 0 Å². The van der Waals surface area contributed by atoms with Crippen molar-refractivity contribution in [2.45, 2.75) is 39.0 Å². The average Bonchev–Trinajstić information content (AvgIpc) is 3.24. The quantitative estimate of drug-likeness (QED) is 0.773. The number of nitrogens with one attached hydrogen (secondary N) is 1. The fourth-order valence-electron chi connectivity index (χ4n) is 2.36. The first-order chi connectivity index (χ1) is 10.0. The van der Waals surface area contributed by atoms with Crippen LogP contribution in [0.3, 0.4) is 0 Å². The minimum atomic E-state index is -0.104. The molecule has 1 saturated carbocycles. The molecular weight excluding hydrogens is 266 g/mol. The Bertz CT molecular complexity index is 463. The summed E-state index contributed by atoms with van der Waals surface area (Å²) in [5, 5.41) is 11.9. The highest BCUT2D eigenvalue weighted by molar-refractivity contribution is 5.77. The van der Waals surface area contributed by atoms with Gasteiger partial charge in [-0.25, -0.2) is 0 Å². The van der Waals surface area contributed by atoms with Crippen LogP contribution in [0.25, 0.3) is 0 Å². The molecule has 1 aliphatic rings. The Morgan fingerprint density at radius 1 is 1.33 bits per heavy atom. The predicted octanol–water partition coefficient (Wildman–Crippen LogP) is 2.47. The molecule has 0 bridgehead atoms. The Hall–Kier alpha value is -1.55. The Morgan fingerprint density at radius 3 is 2.52 bits per heavy atom. The third-order valence-corrected chi connectivity index (χ3v) is 4.18. The minimum absolute atomic E-state index is 0.0379. The molecule has 0 radical (unpaired) electrons. The molecule has 1 aromatic rings. The number of rotatable bonds is 8. The van der Waals surface area contributed by atoms with Gasteiger partial charge in [-0.05, 0) is 48.3 Å². The zero-order chi connectivity index (χ0) is 15.3. The van der Waals surface area contributed by atoms with Gasteiger partial charge in [0, 0.05) is 13.2 Å². The predicted molar refractivity (Wildman–Crippen MR) is 82.4 cm³/mol. The summed E-state index contributed by atoms with van der Waals surface area (Å²) >= 11 is 0. The molecule has 1 fully saturated rings. The van der Waals surface area contributed by atoms with Crippen LogP contribution in [0.5, 0.6) is 5.75 Å². The molecule has 0 spiro atoms. The smallest absolute Gasteiger partial charge is 0.257 e. The monoisotopic (exact) mass is 291 g/mol. The second-order valence-electron chi connectivity index (χ2n) is 6.26. The van der Waals surface area contributed by atoms with Crippen molar-refractivity contribution >= 4 is 5.91 Å². The number of aliphatic hydroxyl groups is 1. The highest BCUT2D eigenvalue weighted by Gasteiger charge is 2.41. The maximum atomic E-state index is 11.8. The molecule has 1 aliphatic carbocycles. The van der Waals surface area contributed by atoms with Crippen molar-refractivity contribution in [3.63, 3.8) is 0 Å². The fraction of sp³-hybridized carbons (Fsp3) is 0.588. The lowest BCUT2D eigenvalue weighted by molar-refractivity contribution is -0.123. The SMILES string of the molecule is CC(C)c1ccc(OCC(=O)NCC2(CCO)CC2)cc1. The molecule has 4 nitrogen and oxygen atoms in total. The van der Waals surface area contributed by atoms with Crippen LogP contribution in [-0.2, 0) is 4.79 Å². The Labute approximate surface area is 126 Å². The van der Waals surface area contributed by atoms with Gasteiger partial charge in [-0.2, -0.15) is 0 Å². The molecule has 116 valence electrons. The number of aliphatic hydroxyl groups excluding tert-OH is 1. The van der Waals surface area contributed by atoms with Crippen LogP contribution >= 0.6 is 0 Å². The fourth-order valence-corrected chi connectivity index (χ4v) is 2.36. The van der Waals surface area contributed by atoms with Gasteiger partial charge in [0.1, 0.15) is 5.75 Å². The molecule has 0 saturated heterocycles. The van der Waals surface area contributed by atoms with Gasteiger partial charge >= 0.3 is 0 Å². The molecule has 21 heavy (non-hydrogen) atoms. The normalized spacial score (nSPS) is 15.8. The van der Waals surface area contributed by atoms with Gasteiger partial charge in [0.25, 0.3) is 5.91 Å². The molecule has 1 aromatic carbocycles. The van der Waals surface area contributed by atoms with Gasteiger partial charge in [0.15, 0.2) is 6.61 Å². The van der Waals surface area contributed by atoms with Crippen molar-refractivity contribution in [2.24, 2.45) is 5.41 Å². The summed E-state index contributed by atoms with van der Waals surface area (Å²) in [6, 6.07) is 7.85. The van der Waals surface area contributed by atoms with E-state index in [2.05, 4.69) is 19.2 Å². The lowest BCUT2D eigenvalue weighted by atomic mass is 10.0.